The molecule has 2 aromatic carbocycles. The van der Waals surface area contributed by atoms with E-state index in [1.165, 1.54) is 22.7 Å². The molecule has 0 aromatic heterocycles. The molecule has 0 bridgehead atoms. The predicted octanol–water partition coefficient (Wildman–Crippen LogP) is 4.03. The van der Waals surface area contributed by atoms with Crippen LogP contribution in [0.5, 0.6) is 0 Å². The third-order valence-electron chi connectivity index (χ3n) is 6.38. The Morgan fingerprint density at radius 2 is 1.66 bits per heavy atom. The highest BCUT2D eigenvalue weighted by molar-refractivity contribution is 8.01. The van der Waals surface area contributed by atoms with Crippen LogP contribution in [0.3, 0.4) is 0 Å². The lowest BCUT2D eigenvalue weighted by Crippen LogP contribution is -2.71. The minimum atomic E-state index is -1.29. The van der Waals surface area contributed by atoms with E-state index in [9.17, 15) is 14.4 Å². The first kappa shape index (κ1) is 23.3. The van der Waals surface area contributed by atoms with Gasteiger partial charge in [-0.05, 0) is 38.0 Å². The molecule has 0 saturated carbocycles. The van der Waals surface area contributed by atoms with Crippen molar-refractivity contribution in [3.05, 3.63) is 83.6 Å². The molecule has 8 nitrogen and oxygen atoms in total. The molecule has 3 heterocycles. The maximum absolute atomic E-state index is 13.6. The highest BCUT2D eigenvalue weighted by atomic mass is 32.2. The van der Waals surface area contributed by atoms with Gasteiger partial charge < -0.3 is 14.4 Å². The molecule has 0 aliphatic carbocycles. The Hall–Kier alpha value is -3.46. The van der Waals surface area contributed by atoms with Gasteiger partial charge in [-0.3, -0.25) is 4.79 Å². The monoisotopic (exact) mass is 491 g/mol. The largest absolute Gasteiger partial charge is 0.461 e. The molecule has 2 aromatic rings. The number of ether oxygens (including phenoxy) is 2. The zero-order valence-corrected chi connectivity index (χ0v) is 20.4. The molecule has 2 saturated heterocycles. The zero-order chi connectivity index (χ0) is 24.8. The fraction of sp³-hybridized carbons (Fsp3) is 0.346. The first-order valence-corrected chi connectivity index (χ1v) is 12.3. The molecule has 2 fully saturated rings. The maximum Gasteiger partial charge on any atom is 0.358 e. The third-order valence-corrected chi connectivity index (χ3v) is 8.03. The van der Waals surface area contributed by atoms with E-state index in [2.05, 4.69) is 10.2 Å². The minimum absolute atomic E-state index is 0.0116. The van der Waals surface area contributed by atoms with Crippen LogP contribution in [0.15, 0.2) is 82.7 Å². The molecular formula is C26H25N3O5S. The van der Waals surface area contributed by atoms with Crippen molar-refractivity contribution in [2.45, 2.75) is 48.6 Å². The molecule has 1 amide bonds. The number of fused-ring (bicyclic) bond motifs is 2. The molecule has 3 aliphatic rings. The van der Waals surface area contributed by atoms with Gasteiger partial charge >= 0.3 is 11.9 Å². The highest BCUT2D eigenvalue weighted by Gasteiger charge is 2.73. The molecular weight excluding hydrogens is 466 g/mol. The van der Waals surface area contributed by atoms with Crippen molar-refractivity contribution in [1.82, 2.24) is 4.90 Å². The number of rotatable bonds is 6. The standard InChI is InChI=1S/C26H25N3O5S/c1-4-33-21(30)18-15-26(28-27-18)23(32)29-20(25(2,3)35-24(26)29)22(31)34-19(16-11-7-5-8-12-16)17-13-9-6-10-14-17/h5-15,19-20,24H,4H2,1-3H3/t20-,24+,26?/m0/s1. The fourth-order valence-electron chi connectivity index (χ4n) is 4.75. The lowest BCUT2D eigenvalue weighted by Gasteiger charge is -2.47. The lowest BCUT2D eigenvalue weighted by atomic mass is 9.85. The number of carbonyl (C=O) groups is 3. The van der Waals surface area contributed by atoms with Gasteiger partial charge in [0.2, 0.25) is 5.54 Å². The third kappa shape index (κ3) is 3.74. The molecule has 3 aliphatic heterocycles. The number of β-lactam (4-membered cyclic amide) rings is 1. The number of hydrogen-bond acceptors (Lipinski definition) is 8. The number of azo groups is 1. The Bertz CT molecular complexity index is 1190. The normalized spacial score (nSPS) is 25.9. The minimum Gasteiger partial charge on any atom is -0.461 e. The van der Waals surface area contributed by atoms with Gasteiger partial charge in [0.25, 0.3) is 5.91 Å². The zero-order valence-electron chi connectivity index (χ0n) is 19.6. The van der Waals surface area contributed by atoms with Crippen molar-refractivity contribution in [3.63, 3.8) is 0 Å². The van der Waals surface area contributed by atoms with E-state index >= 15 is 0 Å². The molecule has 3 atom stereocenters. The van der Waals surface area contributed by atoms with E-state index in [1.54, 1.807) is 6.92 Å². The van der Waals surface area contributed by atoms with Crippen LogP contribution in [0, 0.1) is 0 Å². The van der Waals surface area contributed by atoms with Crippen molar-refractivity contribution in [2.75, 3.05) is 6.61 Å². The summed E-state index contributed by atoms with van der Waals surface area (Å²) in [5.74, 6) is -1.48. The quantitative estimate of drug-likeness (QED) is 0.447. The number of carbonyl (C=O) groups excluding carboxylic acids is 3. The van der Waals surface area contributed by atoms with Crippen molar-refractivity contribution in [2.24, 2.45) is 10.2 Å². The Kier molecular flexibility index (Phi) is 5.75. The number of amides is 1. The Balaban J connectivity index is 1.42. The van der Waals surface area contributed by atoms with E-state index in [0.29, 0.717) is 0 Å². The van der Waals surface area contributed by atoms with Gasteiger partial charge in [0.1, 0.15) is 11.4 Å². The smallest absolute Gasteiger partial charge is 0.358 e. The van der Waals surface area contributed by atoms with Crippen LogP contribution < -0.4 is 0 Å². The van der Waals surface area contributed by atoms with E-state index in [4.69, 9.17) is 9.47 Å². The first-order chi connectivity index (χ1) is 16.8. The second-order valence-corrected chi connectivity index (χ2v) is 10.8. The van der Waals surface area contributed by atoms with E-state index in [1.807, 2.05) is 74.5 Å². The van der Waals surface area contributed by atoms with Crippen LogP contribution in [0.25, 0.3) is 0 Å². The summed E-state index contributed by atoms with van der Waals surface area (Å²) in [6.07, 6.45) is 0.846. The average molecular weight is 492 g/mol. The topological polar surface area (TPSA) is 97.6 Å². The Morgan fingerprint density at radius 1 is 1.06 bits per heavy atom. The van der Waals surface area contributed by atoms with E-state index in [-0.39, 0.29) is 18.2 Å². The van der Waals surface area contributed by atoms with Gasteiger partial charge in [0.05, 0.1) is 6.61 Å². The summed E-state index contributed by atoms with van der Waals surface area (Å²) in [6.45, 7) is 5.71. The van der Waals surface area contributed by atoms with Gasteiger partial charge in [0.15, 0.2) is 11.8 Å². The van der Waals surface area contributed by atoms with Crippen LogP contribution in [0.1, 0.15) is 38.0 Å². The molecule has 180 valence electrons. The summed E-state index contributed by atoms with van der Waals surface area (Å²) >= 11 is 1.45. The molecule has 0 N–H and O–H groups in total. The van der Waals surface area contributed by atoms with Crippen LogP contribution in [0.2, 0.25) is 0 Å². The van der Waals surface area contributed by atoms with Crippen molar-refractivity contribution >= 4 is 29.6 Å². The number of thioether (sulfide) groups is 1. The van der Waals surface area contributed by atoms with E-state index in [0.717, 1.165) is 11.1 Å². The van der Waals surface area contributed by atoms with Crippen LogP contribution in [0.4, 0.5) is 0 Å². The van der Waals surface area contributed by atoms with Crippen LogP contribution >= 0.6 is 11.8 Å². The summed E-state index contributed by atoms with van der Waals surface area (Å²) in [6, 6.07) is 18.2. The summed E-state index contributed by atoms with van der Waals surface area (Å²) < 4.78 is 10.4. The Morgan fingerprint density at radius 3 is 2.23 bits per heavy atom. The molecule has 9 heteroatoms. The molecule has 1 spiro atoms. The highest BCUT2D eigenvalue weighted by Crippen LogP contribution is 2.58. The van der Waals surface area contributed by atoms with Crippen molar-refractivity contribution in [1.29, 1.82) is 0 Å². The fourth-order valence-corrected chi connectivity index (χ4v) is 6.39. The molecule has 1 unspecified atom stereocenters. The number of esters is 2. The van der Waals surface area contributed by atoms with Gasteiger partial charge in [-0.2, -0.15) is 5.11 Å². The van der Waals surface area contributed by atoms with Gasteiger partial charge in [-0.1, -0.05) is 60.7 Å². The van der Waals surface area contributed by atoms with Crippen LogP contribution in [-0.2, 0) is 23.9 Å². The number of benzene rings is 2. The second kappa shape index (κ2) is 8.64. The summed E-state index contributed by atoms with van der Waals surface area (Å²) in [5.41, 5.74) is 0.393. The molecule has 5 rings (SSSR count). The predicted molar refractivity (Wildman–Crippen MR) is 129 cm³/mol. The second-order valence-electron chi connectivity index (χ2n) is 9.10. The summed E-state index contributed by atoms with van der Waals surface area (Å²) in [5, 5.41) is 7.62. The van der Waals surface area contributed by atoms with Gasteiger partial charge in [0, 0.05) is 4.75 Å². The van der Waals surface area contributed by atoms with Crippen molar-refractivity contribution in [3.8, 4) is 0 Å². The molecule has 0 radical (unpaired) electrons. The SMILES string of the molecule is CCOC(=O)C1=CC2(N=N1)C(=O)N1[C@@H](C(=O)OC(c3ccccc3)c3ccccc3)C(C)(C)S[C@@H]12. The van der Waals surface area contributed by atoms with E-state index < -0.39 is 39.7 Å². The van der Waals surface area contributed by atoms with Gasteiger partial charge in [-0.25, -0.2) is 9.59 Å². The number of hydrogen-bond donors (Lipinski definition) is 0. The van der Waals surface area contributed by atoms with Crippen LogP contribution in [-0.4, -0.2) is 51.1 Å². The van der Waals surface area contributed by atoms with Crippen molar-refractivity contribution < 1.29 is 23.9 Å². The average Bonchev–Trinajstić information content (AvgIpc) is 3.43. The lowest BCUT2D eigenvalue weighted by molar-refractivity contribution is -0.168. The summed E-state index contributed by atoms with van der Waals surface area (Å²) in [4.78, 5) is 40.6. The van der Waals surface area contributed by atoms with Gasteiger partial charge in [-0.15, -0.1) is 16.9 Å². The first-order valence-electron chi connectivity index (χ1n) is 11.4. The summed E-state index contributed by atoms with van der Waals surface area (Å²) in [7, 11) is 0. The number of nitrogens with zero attached hydrogens (tertiary/aromatic N) is 3. The maximum atomic E-state index is 13.6. The molecule has 35 heavy (non-hydrogen) atoms. The Labute approximate surface area is 207 Å².